The summed E-state index contributed by atoms with van der Waals surface area (Å²) in [5, 5.41) is 21.6. The molecule has 0 aliphatic carbocycles. The smallest absolute Gasteiger partial charge is 0.150 e. The molecule has 0 saturated carbocycles. The Morgan fingerprint density at radius 1 is 1.10 bits per heavy atom. The fourth-order valence-electron chi connectivity index (χ4n) is 1.87. The number of hydrogen-bond donors (Lipinski definition) is 3. The van der Waals surface area contributed by atoms with E-state index < -0.39 is 17.7 Å². The minimum atomic E-state index is -0.734. The monoisotopic (exact) mass is 343 g/mol. The van der Waals surface area contributed by atoms with E-state index in [0.717, 1.165) is 12.1 Å². The van der Waals surface area contributed by atoms with E-state index in [9.17, 15) is 19.0 Å². The predicted octanol–water partition coefficient (Wildman–Crippen LogP) is 4.31. The second-order valence-electron chi connectivity index (χ2n) is 4.35. The Morgan fingerprint density at radius 3 is 2.25 bits per heavy atom. The van der Waals surface area contributed by atoms with E-state index in [0.29, 0.717) is 10.0 Å². The first-order valence-electron chi connectivity index (χ1n) is 5.81. The van der Waals surface area contributed by atoms with E-state index >= 15 is 0 Å². The SMILES string of the molecule is CC(Nc1c(F)cc(Br)cc1F)c1ccc(O)cc1O. The molecule has 2 aromatic rings. The zero-order chi connectivity index (χ0) is 14.9. The average Bonchev–Trinajstić information content (AvgIpc) is 2.33. The Kier molecular flexibility index (Phi) is 4.13. The van der Waals surface area contributed by atoms with E-state index in [-0.39, 0.29) is 17.2 Å². The van der Waals surface area contributed by atoms with Crippen molar-refractivity contribution in [3.05, 3.63) is 52.0 Å². The predicted molar refractivity (Wildman–Crippen MR) is 75.9 cm³/mol. The van der Waals surface area contributed by atoms with Gasteiger partial charge in [-0.15, -0.1) is 0 Å². The molecule has 0 fully saturated rings. The molecule has 0 aliphatic heterocycles. The van der Waals surface area contributed by atoms with Gasteiger partial charge < -0.3 is 15.5 Å². The van der Waals surface area contributed by atoms with Crippen molar-refractivity contribution in [1.29, 1.82) is 0 Å². The van der Waals surface area contributed by atoms with Crippen molar-refractivity contribution in [1.82, 2.24) is 0 Å². The van der Waals surface area contributed by atoms with Gasteiger partial charge in [-0.05, 0) is 31.2 Å². The summed E-state index contributed by atoms with van der Waals surface area (Å²) in [5.41, 5.74) is 0.151. The molecule has 1 unspecified atom stereocenters. The van der Waals surface area contributed by atoms with Crippen LogP contribution in [-0.4, -0.2) is 10.2 Å². The Hall–Kier alpha value is -1.82. The van der Waals surface area contributed by atoms with Gasteiger partial charge in [0, 0.05) is 16.1 Å². The molecule has 106 valence electrons. The van der Waals surface area contributed by atoms with Gasteiger partial charge in [0.05, 0.1) is 6.04 Å². The number of halogens is 3. The lowest BCUT2D eigenvalue weighted by Gasteiger charge is -2.18. The number of phenolic OH excluding ortho intramolecular Hbond substituents is 2. The highest BCUT2D eigenvalue weighted by Gasteiger charge is 2.16. The first kappa shape index (κ1) is 14.6. The maximum absolute atomic E-state index is 13.7. The van der Waals surface area contributed by atoms with Gasteiger partial charge in [0.15, 0.2) is 0 Å². The van der Waals surface area contributed by atoms with Crippen molar-refractivity contribution >= 4 is 21.6 Å². The van der Waals surface area contributed by atoms with Crippen LogP contribution >= 0.6 is 15.9 Å². The van der Waals surface area contributed by atoms with E-state index in [4.69, 9.17) is 0 Å². The molecule has 3 nitrogen and oxygen atoms in total. The van der Waals surface area contributed by atoms with Crippen molar-refractivity contribution in [2.45, 2.75) is 13.0 Å². The summed E-state index contributed by atoms with van der Waals surface area (Å²) in [5.74, 6) is -1.70. The van der Waals surface area contributed by atoms with Gasteiger partial charge in [0.25, 0.3) is 0 Å². The van der Waals surface area contributed by atoms with Gasteiger partial charge in [-0.1, -0.05) is 15.9 Å². The van der Waals surface area contributed by atoms with Crippen molar-refractivity contribution in [2.24, 2.45) is 0 Å². The Morgan fingerprint density at radius 2 is 1.70 bits per heavy atom. The summed E-state index contributed by atoms with van der Waals surface area (Å²) in [7, 11) is 0. The van der Waals surface area contributed by atoms with Gasteiger partial charge in [-0.25, -0.2) is 8.78 Å². The number of rotatable bonds is 3. The molecule has 0 bridgehead atoms. The van der Waals surface area contributed by atoms with Gasteiger partial charge in [0.2, 0.25) is 0 Å². The third kappa shape index (κ3) is 3.01. The number of anilines is 1. The van der Waals surface area contributed by atoms with Crippen LogP contribution in [0.1, 0.15) is 18.5 Å². The van der Waals surface area contributed by atoms with Crippen LogP contribution in [0.25, 0.3) is 0 Å². The normalized spacial score (nSPS) is 12.2. The zero-order valence-electron chi connectivity index (χ0n) is 10.5. The molecule has 20 heavy (non-hydrogen) atoms. The van der Waals surface area contributed by atoms with E-state index in [1.807, 2.05) is 0 Å². The van der Waals surface area contributed by atoms with E-state index in [1.165, 1.54) is 18.2 Å². The third-order valence-corrected chi connectivity index (χ3v) is 3.31. The summed E-state index contributed by atoms with van der Waals surface area (Å²) in [6.45, 7) is 1.65. The maximum atomic E-state index is 13.7. The standard InChI is InChI=1S/C14H12BrF2NO2/c1-7(10-3-2-9(19)6-13(10)20)18-14-11(16)4-8(15)5-12(14)17/h2-7,18-20H,1H3. The summed E-state index contributed by atoms with van der Waals surface area (Å²) in [6.07, 6.45) is 0. The highest BCUT2D eigenvalue weighted by atomic mass is 79.9. The quantitative estimate of drug-likeness (QED) is 0.778. The lowest BCUT2D eigenvalue weighted by molar-refractivity contribution is 0.444. The van der Waals surface area contributed by atoms with Crippen LogP contribution < -0.4 is 5.32 Å². The molecule has 0 saturated heterocycles. The number of benzene rings is 2. The second-order valence-corrected chi connectivity index (χ2v) is 5.27. The molecule has 3 N–H and O–H groups in total. The molecule has 0 amide bonds. The lowest BCUT2D eigenvalue weighted by Crippen LogP contribution is -2.10. The largest absolute Gasteiger partial charge is 0.508 e. The van der Waals surface area contributed by atoms with Crippen LogP contribution in [0, 0.1) is 11.6 Å². The first-order chi connectivity index (χ1) is 9.38. The molecule has 0 spiro atoms. The topological polar surface area (TPSA) is 52.5 Å². The maximum Gasteiger partial charge on any atom is 0.150 e. The Bertz CT molecular complexity index is 626. The van der Waals surface area contributed by atoms with E-state index in [2.05, 4.69) is 21.2 Å². The van der Waals surface area contributed by atoms with Crippen LogP contribution in [-0.2, 0) is 0 Å². The van der Waals surface area contributed by atoms with Crippen LogP contribution in [0.2, 0.25) is 0 Å². The summed E-state index contributed by atoms with van der Waals surface area (Å²) < 4.78 is 27.7. The Balaban J connectivity index is 2.30. The number of hydrogen-bond acceptors (Lipinski definition) is 3. The van der Waals surface area contributed by atoms with Gasteiger partial charge in [0.1, 0.15) is 28.8 Å². The average molecular weight is 344 g/mol. The van der Waals surface area contributed by atoms with Gasteiger partial charge in [-0.2, -0.15) is 0 Å². The highest BCUT2D eigenvalue weighted by Crippen LogP contribution is 2.32. The molecule has 0 heterocycles. The summed E-state index contributed by atoms with van der Waals surface area (Å²) >= 11 is 3.00. The third-order valence-electron chi connectivity index (χ3n) is 2.85. The molecule has 0 aromatic heterocycles. The van der Waals surface area contributed by atoms with Crippen LogP contribution in [0.15, 0.2) is 34.8 Å². The fourth-order valence-corrected chi connectivity index (χ4v) is 2.27. The fraction of sp³-hybridized carbons (Fsp3) is 0.143. The van der Waals surface area contributed by atoms with Gasteiger partial charge in [-0.3, -0.25) is 0 Å². The first-order valence-corrected chi connectivity index (χ1v) is 6.60. The number of phenols is 2. The van der Waals surface area contributed by atoms with Crippen molar-refractivity contribution in [3.63, 3.8) is 0 Å². The van der Waals surface area contributed by atoms with Crippen LogP contribution in [0.5, 0.6) is 11.5 Å². The van der Waals surface area contributed by atoms with Crippen molar-refractivity contribution in [3.8, 4) is 11.5 Å². The van der Waals surface area contributed by atoms with Crippen LogP contribution in [0.4, 0.5) is 14.5 Å². The lowest BCUT2D eigenvalue weighted by atomic mass is 10.1. The van der Waals surface area contributed by atoms with Crippen LogP contribution in [0.3, 0.4) is 0 Å². The summed E-state index contributed by atoms with van der Waals surface area (Å²) in [6, 6.07) is 5.80. The molecule has 0 aliphatic rings. The van der Waals surface area contributed by atoms with Crippen molar-refractivity contribution in [2.75, 3.05) is 5.32 Å². The zero-order valence-corrected chi connectivity index (χ0v) is 12.1. The second kappa shape index (κ2) is 5.66. The summed E-state index contributed by atoms with van der Waals surface area (Å²) in [4.78, 5) is 0. The number of nitrogens with one attached hydrogen (secondary N) is 1. The molecule has 0 radical (unpaired) electrons. The molecule has 6 heteroatoms. The minimum absolute atomic E-state index is 0.0838. The molecule has 1 atom stereocenters. The molecule has 2 rings (SSSR count). The van der Waals surface area contributed by atoms with Crippen molar-refractivity contribution < 1.29 is 19.0 Å². The minimum Gasteiger partial charge on any atom is -0.508 e. The Labute approximate surface area is 123 Å². The molecular weight excluding hydrogens is 332 g/mol. The molecular formula is C14H12BrF2NO2. The highest BCUT2D eigenvalue weighted by molar-refractivity contribution is 9.10. The van der Waals surface area contributed by atoms with Gasteiger partial charge >= 0.3 is 0 Å². The number of aromatic hydroxyl groups is 2. The molecule has 2 aromatic carbocycles. The van der Waals surface area contributed by atoms with E-state index in [1.54, 1.807) is 6.92 Å².